The van der Waals surface area contributed by atoms with Gasteiger partial charge in [-0.3, -0.25) is 0 Å². The molecule has 98 valence electrons. The van der Waals surface area contributed by atoms with E-state index in [0.717, 1.165) is 0 Å². The molecule has 2 heteroatoms. The number of hydrogen-bond acceptors (Lipinski definition) is 1. The number of fused-ring (bicyclic) bond motifs is 3. The average molecular weight is 355 g/mol. The van der Waals surface area contributed by atoms with E-state index in [4.69, 9.17) is 5.73 Å². The summed E-state index contributed by atoms with van der Waals surface area (Å²) in [7, 11) is 0. The minimum atomic E-state index is -0.0267. The van der Waals surface area contributed by atoms with Gasteiger partial charge in [-0.2, -0.15) is 0 Å². The maximum absolute atomic E-state index is 6.71. The Kier molecular flexibility index (Phi) is 3.02. The van der Waals surface area contributed by atoms with Gasteiger partial charge < -0.3 is 5.73 Å². The van der Waals surface area contributed by atoms with E-state index < -0.39 is 0 Å². The van der Waals surface area contributed by atoms with Crippen LogP contribution in [0.2, 0.25) is 0 Å². The predicted octanol–water partition coefficient (Wildman–Crippen LogP) is 3.82. The van der Waals surface area contributed by atoms with Crippen LogP contribution in [0.1, 0.15) is 44.2 Å². The molecule has 0 aromatic heterocycles. The molecule has 2 aliphatic rings. The largest absolute Gasteiger partial charge is 0.324 e. The van der Waals surface area contributed by atoms with E-state index in [0.29, 0.717) is 15.3 Å². The van der Waals surface area contributed by atoms with E-state index in [1.807, 2.05) is 0 Å². The number of hydrogen-bond donors (Lipinski definition) is 1. The van der Waals surface area contributed by atoms with E-state index in [1.165, 1.54) is 25.7 Å². The Morgan fingerprint density at radius 2 is 1.94 bits per heavy atom. The summed E-state index contributed by atoms with van der Waals surface area (Å²) < 4.78 is 0.610. The van der Waals surface area contributed by atoms with Crippen LogP contribution in [0.4, 0.5) is 0 Å². The van der Waals surface area contributed by atoms with E-state index in [9.17, 15) is 0 Å². The van der Waals surface area contributed by atoms with Crippen LogP contribution >= 0.6 is 22.6 Å². The fourth-order valence-corrected chi connectivity index (χ4v) is 5.11. The molecule has 0 heterocycles. The van der Waals surface area contributed by atoms with Crippen molar-refractivity contribution in [3.63, 3.8) is 0 Å². The first-order valence-electron chi connectivity index (χ1n) is 6.97. The molecule has 1 aromatic carbocycles. The van der Waals surface area contributed by atoms with Crippen molar-refractivity contribution in [1.29, 1.82) is 0 Å². The van der Waals surface area contributed by atoms with E-state index in [-0.39, 0.29) is 5.54 Å². The van der Waals surface area contributed by atoms with E-state index in [2.05, 4.69) is 60.7 Å². The molecule has 0 amide bonds. The molecule has 1 saturated carbocycles. The number of alkyl halides is 1. The minimum Gasteiger partial charge on any atom is -0.324 e. The predicted molar refractivity (Wildman–Crippen MR) is 85.2 cm³/mol. The van der Waals surface area contributed by atoms with E-state index in [1.54, 1.807) is 11.1 Å². The highest BCUT2D eigenvalue weighted by Gasteiger charge is 2.53. The van der Waals surface area contributed by atoms with Gasteiger partial charge in [-0.15, -0.1) is 0 Å². The van der Waals surface area contributed by atoms with Crippen molar-refractivity contribution in [2.75, 3.05) is 0 Å². The summed E-state index contributed by atoms with van der Waals surface area (Å²) in [6.45, 7) is 4.73. The zero-order valence-electron chi connectivity index (χ0n) is 11.2. The van der Waals surface area contributed by atoms with Crippen LogP contribution in [0.25, 0.3) is 0 Å². The second-order valence-electron chi connectivity index (χ2n) is 6.54. The number of rotatable bonds is 0. The Hall–Kier alpha value is -0.0900. The number of aryl methyl sites for hydroxylation is 1. The molecule has 1 nitrogen and oxygen atoms in total. The van der Waals surface area contributed by atoms with Crippen molar-refractivity contribution in [3.05, 3.63) is 35.4 Å². The molecular formula is C16H22IN. The third-order valence-electron chi connectivity index (χ3n) is 5.45. The molecule has 2 N–H and O–H groups in total. The fourth-order valence-electron chi connectivity index (χ4n) is 4.36. The first-order chi connectivity index (χ1) is 8.46. The number of benzene rings is 1. The van der Waals surface area contributed by atoms with Crippen molar-refractivity contribution in [1.82, 2.24) is 0 Å². The molecule has 18 heavy (non-hydrogen) atoms. The summed E-state index contributed by atoms with van der Waals surface area (Å²) in [4.78, 5) is 0. The Balaban J connectivity index is 2.10. The Labute approximate surface area is 124 Å². The maximum atomic E-state index is 6.71. The van der Waals surface area contributed by atoms with Crippen LogP contribution in [0, 0.1) is 5.92 Å². The van der Waals surface area contributed by atoms with Gasteiger partial charge in [-0.1, -0.05) is 53.8 Å². The molecule has 2 aliphatic carbocycles. The maximum Gasteiger partial charge on any atom is 0.0290 e. The molecule has 0 bridgehead atoms. The highest BCUT2D eigenvalue weighted by molar-refractivity contribution is 14.1. The van der Waals surface area contributed by atoms with Gasteiger partial charge in [0.05, 0.1) is 0 Å². The molecular weight excluding hydrogens is 333 g/mol. The number of nitrogens with two attached hydrogens (primary N) is 1. The van der Waals surface area contributed by atoms with Crippen molar-refractivity contribution in [3.8, 4) is 0 Å². The molecule has 0 aliphatic heterocycles. The van der Waals surface area contributed by atoms with Crippen LogP contribution in [0.3, 0.4) is 0 Å². The molecule has 2 unspecified atom stereocenters. The molecule has 1 fully saturated rings. The zero-order chi connectivity index (χ0) is 13.0. The van der Waals surface area contributed by atoms with Gasteiger partial charge in [0.1, 0.15) is 0 Å². The molecule has 3 rings (SSSR count). The lowest BCUT2D eigenvalue weighted by Crippen LogP contribution is -2.62. The molecule has 0 radical (unpaired) electrons. The lowest BCUT2D eigenvalue weighted by atomic mass is 9.53. The quantitative estimate of drug-likeness (QED) is 0.556. The standard InChI is InChI=1S/C16H22IN/c1-15-10-9-14(17)16(2,18)13(15)8-7-11-5-3-4-6-12(11)15/h3-6,13-14H,7-10,18H2,1-2H3/t13?,14-,15+,16?/m0/s1. The third-order valence-corrected chi connectivity index (χ3v) is 7.41. The third kappa shape index (κ3) is 1.68. The van der Waals surface area contributed by atoms with Crippen molar-refractivity contribution in [2.45, 2.75) is 54.4 Å². The van der Waals surface area contributed by atoms with E-state index >= 15 is 0 Å². The Morgan fingerprint density at radius 3 is 2.72 bits per heavy atom. The fraction of sp³-hybridized carbons (Fsp3) is 0.625. The van der Waals surface area contributed by atoms with Crippen LogP contribution < -0.4 is 5.73 Å². The monoisotopic (exact) mass is 355 g/mol. The van der Waals surface area contributed by atoms with Crippen LogP contribution in [-0.2, 0) is 11.8 Å². The highest BCUT2D eigenvalue weighted by atomic mass is 127. The second kappa shape index (κ2) is 4.20. The van der Waals surface area contributed by atoms with Gasteiger partial charge in [-0.05, 0) is 55.1 Å². The van der Waals surface area contributed by atoms with Crippen molar-refractivity contribution < 1.29 is 0 Å². The first-order valence-corrected chi connectivity index (χ1v) is 8.22. The van der Waals surface area contributed by atoms with Crippen molar-refractivity contribution >= 4 is 22.6 Å². The summed E-state index contributed by atoms with van der Waals surface area (Å²) in [5.41, 5.74) is 10.1. The zero-order valence-corrected chi connectivity index (χ0v) is 13.4. The van der Waals surface area contributed by atoms with Gasteiger partial charge in [0, 0.05) is 9.46 Å². The first kappa shape index (κ1) is 12.9. The van der Waals surface area contributed by atoms with Crippen molar-refractivity contribution in [2.24, 2.45) is 11.7 Å². The summed E-state index contributed by atoms with van der Waals surface area (Å²) in [5.74, 6) is 0.621. The molecule has 0 saturated heterocycles. The lowest BCUT2D eigenvalue weighted by molar-refractivity contribution is 0.101. The summed E-state index contributed by atoms with van der Waals surface area (Å²) in [6, 6.07) is 9.01. The summed E-state index contributed by atoms with van der Waals surface area (Å²) in [6.07, 6.45) is 4.98. The van der Waals surface area contributed by atoms with Gasteiger partial charge in [-0.25, -0.2) is 0 Å². The molecule has 4 atom stereocenters. The topological polar surface area (TPSA) is 26.0 Å². The normalized spacial score (nSPS) is 43.1. The van der Waals surface area contributed by atoms with Crippen LogP contribution in [0.15, 0.2) is 24.3 Å². The van der Waals surface area contributed by atoms with Gasteiger partial charge in [0.2, 0.25) is 0 Å². The smallest absolute Gasteiger partial charge is 0.0290 e. The van der Waals surface area contributed by atoms with Gasteiger partial charge >= 0.3 is 0 Å². The Morgan fingerprint density at radius 1 is 1.22 bits per heavy atom. The van der Waals surface area contributed by atoms with Crippen LogP contribution in [0.5, 0.6) is 0 Å². The molecule has 0 spiro atoms. The highest BCUT2D eigenvalue weighted by Crippen LogP contribution is 2.54. The lowest BCUT2D eigenvalue weighted by Gasteiger charge is -2.56. The second-order valence-corrected chi connectivity index (χ2v) is 8.04. The minimum absolute atomic E-state index is 0.0267. The summed E-state index contributed by atoms with van der Waals surface area (Å²) >= 11 is 2.57. The van der Waals surface area contributed by atoms with Crippen LogP contribution in [-0.4, -0.2) is 9.46 Å². The average Bonchev–Trinajstić information content (AvgIpc) is 2.35. The molecule has 1 aromatic rings. The van der Waals surface area contributed by atoms with Gasteiger partial charge in [0.15, 0.2) is 0 Å². The Bertz CT molecular complexity index is 468. The number of halogens is 1. The summed E-state index contributed by atoms with van der Waals surface area (Å²) in [5, 5.41) is 0. The van der Waals surface area contributed by atoms with Gasteiger partial charge in [0.25, 0.3) is 0 Å². The SMILES string of the molecule is CC1(N)C2CCc3ccccc3[C@@]2(C)CC[C@@H]1I.